The van der Waals surface area contributed by atoms with Gasteiger partial charge in [-0.05, 0) is 88.4 Å². The fourth-order valence-corrected chi connectivity index (χ4v) is 4.94. The molecule has 4 atom stereocenters. The number of aryl methyl sites for hydroxylation is 1. The molecule has 14 nitrogen and oxygen atoms in total. The molecule has 258 valence electrons. The highest BCUT2D eigenvalue weighted by atomic mass is 16.4. The van der Waals surface area contributed by atoms with E-state index in [1.165, 1.54) is 0 Å². The van der Waals surface area contributed by atoms with E-state index in [0.717, 1.165) is 5.56 Å². The normalized spacial score (nSPS) is 13.7. The molecule has 0 spiro atoms. The molecule has 13 N–H and O–H groups in total. The van der Waals surface area contributed by atoms with Crippen molar-refractivity contribution < 1.29 is 29.2 Å². The van der Waals surface area contributed by atoms with E-state index in [9.17, 15) is 29.2 Å². The van der Waals surface area contributed by atoms with Crippen LogP contribution >= 0.6 is 0 Å². The van der Waals surface area contributed by atoms with E-state index in [-0.39, 0.29) is 42.8 Å². The first-order valence-corrected chi connectivity index (χ1v) is 16.1. The summed E-state index contributed by atoms with van der Waals surface area (Å²) in [5.74, 6) is -2.53. The molecule has 0 radical (unpaired) electrons. The summed E-state index contributed by atoms with van der Waals surface area (Å²) in [5.41, 5.74) is 23.6. The molecule has 0 heterocycles. The van der Waals surface area contributed by atoms with Crippen LogP contribution < -0.4 is 38.9 Å². The van der Waals surface area contributed by atoms with Crippen molar-refractivity contribution in [3.63, 3.8) is 0 Å². The number of hydrogen-bond acceptors (Lipinski definition) is 9. The van der Waals surface area contributed by atoms with Crippen molar-refractivity contribution in [2.24, 2.45) is 33.8 Å². The van der Waals surface area contributed by atoms with Crippen molar-refractivity contribution in [2.75, 3.05) is 13.1 Å². The highest BCUT2D eigenvalue weighted by Crippen LogP contribution is 2.12. The molecule has 0 saturated carbocycles. The van der Waals surface area contributed by atoms with Crippen LogP contribution in [0, 0.1) is 5.92 Å². The number of rotatable bonds is 23. The van der Waals surface area contributed by atoms with Crippen LogP contribution in [0.5, 0.6) is 0 Å². The van der Waals surface area contributed by atoms with E-state index in [2.05, 4.69) is 20.9 Å². The summed E-state index contributed by atoms with van der Waals surface area (Å²) < 4.78 is 0. The molecule has 1 aromatic rings. The van der Waals surface area contributed by atoms with Crippen molar-refractivity contribution in [3.05, 3.63) is 35.4 Å². The number of benzene rings is 1. The minimum absolute atomic E-state index is 0.00144. The number of guanidine groups is 1. The number of unbranched alkanes of at least 4 members (excludes halogenated alkanes) is 2. The minimum atomic E-state index is -1.76. The fraction of sp³-hybridized carbons (Fsp3) is 0.645. The summed E-state index contributed by atoms with van der Waals surface area (Å²) >= 11 is 0. The van der Waals surface area contributed by atoms with Crippen molar-refractivity contribution in [2.45, 2.75) is 109 Å². The Labute approximate surface area is 273 Å². The standard InChI is InChI=1S/C31H55BN8O6/c1-20(2)17-27(32(45)46)40-30(44)25(12-5-7-16-34)39-29(43)24(11-4-6-15-33)38-28(42)19-23-10-8-9-22(18-23)13-14-26(41)21(3)37-31(35)36/h8-10,18,20-21,24-25,27,45-46H,4-7,11-17,19,33-34H2,1-3H3,(H,38,42)(H,39,43)(H,40,44)(H4,35,36,37)/t21-,24+,25+,27+/m1/s1. The first kappa shape index (κ1) is 40.5. The topological polar surface area (TPSA) is 261 Å². The summed E-state index contributed by atoms with van der Waals surface area (Å²) in [7, 11) is -1.76. The van der Waals surface area contributed by atoms with Crippen LogP contribution in [-0.2, 0) is 32.0 Å². The Hall–Kier alpha value is -3.53. The predicted molar refractivity (Wildman–Crippen MR) is 180 cm³/mol. The second-order valence-electron chi connectivity index (χ2n) is 12.1. The van der Waals surface area contributed by atoms with Crippen LogP contribution in [0.2, 0.25) is 0 Å². The fourth-order valence-electron chi connectivity index (χ4n) is 4.94. The van der Waals surface area contributed by atoms with Crippen LogP contribution in [0.3, 0.4) is 0 Å². The summed E-state index contributed by atoms with van der Waals surface area (Å²) in [5, 5.41) is 27.8. The SMILES string of the molecule is CC(C)C[C@H](NC(=O)[C@H](CCCCN)NC(=O)[C@H](CCCCN)NC(=O)Cc1cccc(CCC(=O)[C@@H](C)N=C(N)N)c1)B(O)O. The minimum Gasteiger partial charge on any atom is -0.426 e. The number of aliphatic imine (C=N–C) groups is 1. The van der Waals surface area contributed by atoms with Gasteiger partial charge in [-0.2, -0.15) is 0 Å². The molecule has 0 bridgehead atoms. The van der Waals surface area contributed by atoms with E-state index in [0.29, 0.717) is 63.6 Å². The smallest absolute Gasteiger partial charge is 0.426 e. The largest absolute Gasteiger partial charge is 0.475 e. The summed E-state index contributed by atoms with van der Waals surface area (Å²) in [4.78, 5) is 56.0. The Bertz CT molecular complexity index is 1130. The number of carbonyl (C=O) groups is 4. The molecule has 0 saturated heterocycles. The zero-order valence-corrected chi connectivity index (χ0v) is 27.5. The number of nitrogens with zero attached hydrogens (tertiary/aromatic N) is 1. The molecule has 0 aromatic heterocycles. The number of carbonyl (C=O) groups excluding carboxylic acids is 4. The molecule has 0 aliphatic carbocycles. The average Bonchev–Trinajstić information content (AvgIpc) is 2.98. The molecule has 0 aliphatic heterocycles. The molecule has 0 unspecified atom stereocenters. The van der Waals surface area contributed by atoms with Crippen LogP contribution in [0.4, 0.5) is 0 Å². The lowest BCUT2D eigenvalue weighted by atomic mass is 9.75. The van der Waals surface area contributed by atoms with Gasteiger partial charge in [0, 0.05) is 6.42 Å². The third-order valence-corrected chi connectivity index (χ3v) is 7.42. The third kappa shape index (κ3) is 16.7. The van der Waals surface area contributed by atoms with Crippen molar-refractivity contribution in [1.82, 2.24) is 16.0 Å². The second-order valence-corrected chi connectivity index (χ2v) is 12.1. The van der Waals surface area contributed by atoms with E-state index in [4.69, 9.17) is 22.9 Å². The van der Waals surface area contributed by atoms with Gasteiger partial charge in [0.2, 0.25) is 17.7 Å². The maximum atomic E-state index is 13.5. The number of hydrogen-bond donors (Lipinski definition) is 9. The molecule has 15 heteroatoms. The van der Waals surface area contributed by atoms with Crippen LogP contribution in [0.15, 0.2) is 29.3 Å². The molecule has 46 heavy (non-hydrogen) atoms. The zero-order valence-electron chi connectivity index (χ0n) is 27.5. The second kappa shape index (κ2) is 22.1. The van der Waals surface area contributed by atoms with Crippen LogP contribution in [0.1, 0.15) is 83.3 Å². The van der Waals surface area contributed by atoms with Gasteiger partial charge in [0.15, 0.2) is 11.7 Å². The average molecular weight is 647 g/mol. The molecule has 3 amide bonds. The van der Waals surface area contributed by atoms with Gasteiger partial charge in [0.05, 0.1) is 12.4 Å². The van der Waals surface area contributed by atoms with E-state index >= 15 is 0 Å². The summed E-state index contributed by atoms with van der Waals surface area (Å²) in [6.07, 6.45) is 4.02. The number of amides is 3. The maximum absolute atomic E-state index is 13.5. The lowest BCUT2D eigenvalue weighted by Gasteiger charge is -2.26. The van der Waals surface area contributed by atoms with Gasteiger partial charge in [0.1, 0.15) is 18.1 Å². The lowest BCUT2D eigenvalue weighted by molar-refractivity contribution is -0.132. The summed E-state index contributed by atoms with van der Waals surface area (Å²) in [6.45, 7) is 6.25. The first-order chi connectivity index (χ1) is 21.8. The molecule has 0 aliphatic rings. The van der Waals surface area contributed by atoms with Crippen LogP contribution in [0.25, 0.3) is 0 Å². The Balaban J connectivity index is 2.99. The Morgan fingerprint density at radius 2 is 1.41 bits per heavy atom. The number of Topliss-reactive ketones (excluding diaryl/α,β-unsaturated/α-hetero) is 1. The predicted octanol–water partition coefficient (Wildman–Crippen LogP) is -0.837. The highest BCUT2D eigenvalue weighted by Gasteiger charge is 2.31. The number of ketones is 1. The van der Waals surface area contributed by atoms with Gasteiger partial charge in [-0.25, -0.2) is 4.99 Å². The maximum Gasteiger partial charge on any atom is 0.475 e. The van der Waals surface area contributed by atoms with Crippen LogP contribution in [-0.4, -0.2) is 83.8 Å². The number of nitrogens with one attached hydrogen (secondary N) is 3. The zero-order chi connectivity index (χ0) is 34.6. The van der Waals surface area contributed by atoms with Gasteiger partial charge < -0.3 is 48.9 Å². The summed E-state index contributed by atoms with van der Waals surface area (Å²) in [6, 6.07) is 4.76. The van der Waals surface area contributed by atoms with Crippen molar-refractivity contribution in [1.29, 1.82) is 0 Å². The van der Waals surface area contributed by atoms with E-state index in [1.54, 1.807) is 19.1 Å². The Morgan fingerprint density at radius 3 is 1.96 bits per heavy atom. The van der Waals surface area contributed by atoms with Gasteiger partial charge in [-0.3, -0.25) is 19.2 Å². The van der Waals surface area contributed by atoms with Crippen molar-refractivity contribution in [3.8, 4) is 0 Å². The monoisotopic (exact) mass is 646 g/mol. The molecular formula is C31H55BN8O6. The van der Waals surface area contributed by atoms with Gasteiger partial charge in [-0.15, -0.1) is 0 Å². The van der Waals surface area contributed by atoms with Gasteiger partial charge >= 0.3 is 7.12 Å². The molecule has 1 rings (SSSR count). The Kier molecular flexibility index (Phi) is 19.4. The lowest BCUT2D eigenvalue weighted by Crippen LogP contribution is -2.57. The molecule has 1 aromatic carbocycles. The van der Waals surface area contributed by atoms with Gasteiger partial charge in [0.25, 0.3) is 0 Å². The van der Waals surface area contributed by atoms with Gasteiger partial charge in [-0.1, -0.05) is 38.1 Å². The van der Waals surface area contributed by atoms with E-state index < -0.39 is 43.0 Å². The quantitative estimate of drug-likeness (QED) is 0.0308. The molecule has 0 fully saturated rings. The van der Waals surface area contributed by atoms with E-state index in [1.807, 2.05) is 26.0 Å². The van der Waals surface area contributed by atoms with Crippen molar-refractivity contribution >= 4 is 36.6 Å². The molecular weight excluding hydrogens is 591 g/mol. The number of nitrogens with two attached hydrogens (primary N) is 4. The highest BCUT2D eigenvalue weighted by molar-refractivity contribution is 6.43. The first-order valence-electron chi connectivity index (χ1n) is 16.1. The Morgan fingerprint density at radius 1 is 0.848 bits per heavy atom. The third-order valence-electron chi connectivity index (χ3n) is 7.42.